The lowest BCUT2D eigenvalue weighted by atomic mass is 10.0. The van der Waals surface area contributed by atoms with Gasteiger partial charge in [-0.2, -0.15) is 0 Å². The summed E-state index contributed by atoms with van der Waals surface area (Å²) in [6.07, 6.45) is 4.07. The average molecular weight is 363 g/mol. The molecule has 1 aliphatic heterocycles. The number of aryl methyl sites for hydroxylation is 1. The van der Waals surface area contributed by atoms with Gasteiger partial charge in [0.1, 0.15) is 5.82 Å². The van der Waals surface area contributed by atoms with E-state index in [1.165, 1.54) is 44.2 Å². The molecule has 0 bridgehead atoms. The van der Waals surface area contributed by atoms with Gasteiger partial charge >= 0.3 is 0 Å². The molecule has 3 nitrogen and oxygen atoms in total. The van der Waals surface area contributed by atoms with Crippen LogP contribution in [0.15, 0.2) is 54.7 Å². The molecule has 1 aliphatic rings. The van der Waals surface area contributed by atoms with Gasteiger partial charge in [0.25, 0.3) is 0 Å². The number of rotatable bonds is 5. The number of nitrogens with zero attached hydrogens (tertiary/aromatic N) is 3. The van der Waals surface area contributed by atoms with Crippen LogP contribution in [0.3, 0.4) is 0 Å². The number of benzene rings is 2. The summed E-state index contributed by atoms with van der Waals surface area (Å²) in [5.74, 6) is -0.217. The Morgan fingerprint density at radius 1 is 0.963 bits per heavy atom. The Balaban J connectivity index is 1.44. The molecule has 4 rings (SSSR count). The Bertz CT molecular complexity index is 916. The van der Waals surface area contributed by atoms with Crippen LogP contribution in [0.25, 0.3) is 22.0 Å². The summed E-state index contributed by atoms with van der Waals surface area (Å²) in [7, 11) is 2.19. The lowest BCUT2D eigenvalue weighted by Crippen LogP contribution is -2.44. The third-order valence-electron chi connectivity index (χ3n) is 5.44. The molecular weight excluding hydrogens is 337 g/mol. The van der Waals surface area contributed by atoms with E-state index in [1.807, 2.05) is 12.3 Å². The smallest absolute Gasteiger partial charge is 0.123 e. The lowest BCUT2D eigenvalue weighted by Gasteiger charge is -2.32. The molecule has 0 aliphatic carbocycles. The van der Waals surface area contributed by atoms with Crippen molar-refractivity contribution >= 4 is 10.9 Å². The maximum atomic E-state index is 13.5. The number of piperazine rings is 1. The van der Waals surface area contributed by atoms with Gasteiger partial charge in [-0.15, -0.1) is 0 Å². The SMILES string of the molecule is CN1CCN(CCCc2ccc3ncc(-c4cccc(F)c4)cc3c2)CC1. The first kappa shape index (κ1) is 18.1. The zero-order valence-electron chi connectivity index (χ0n) is 15.9. The number of hydrogen-bond donors (Lipinski definition) is 0. The molecule has 4 heteroatoms. The second kappa shape index (κ2) is 8.15. The van der Waals surface area contributed by atoms with Crippen LogP contribution in [0.1, 0.15) is 12.0 Å². The normalized spacial score (nSPS) is 16.1. The van der Waals surface area contributed by atoms with Crippen LogP contribution in [-0.4, -0.2) is 54.6 Å². The molecule has 1 fully saturated rings. The Morgan fingerprint density at radius 2 is 1.81 bits per heavy atom. The predicted octanol–water partition coefficient (Wildman–Crippen LogP) is 4.22. The van der Waals surface area contributed by atoms with Crippen LogP contribution in [0.4, 0.5) is 4.39 Å². The van der Waals surface area contributed by atoms with Crippen LogP contribution in [0, 0.1) is 5.82 Å². The van der Waals surface area contributed by atoms with Crippen molar-refractivity contribution < 1.29 is 4.39 Å². The molecule has 27 heavy (non-hydrogen) atoms. The summed E-state index contributed by atoms with van der Waals surface area (Å²) in [5, 5.41) is 1.12. The van der Waals surface area contributed by atoms with Crippen LogP contribution in [-0.2, 0) is 6.42 Å². The molecule has 0 saturated carbocycles. The summed E-state index contributed by atoms with van der Waals surface area (Å²) >= 11 is 0. The van der Waals surface area contributed by atoms with Crippen LogP contribution in [0.2, 0.25) is 0 Å². The molecule has 0 radical (unpaired) electrons. The van der Waals surface area contributed by atoms with E-state index in [0.717, 1.165) is 35.0 Å². The molecule has 0 amide bonds. The predicted molar refractivity (Wildman–Crippen MR) is 109 cm³/mol. The second-order valence-electron chi connectivity index (χ2n) is 7.51. The molecule has 0 unspecified atom stereocenters. The average Bonchev–Trinajstić information content (AvgIpc) is 2.69. The van der Waals surface area contributed by atoms with Gasteiger partial charge in [0.2, 0.25) is 0 Å². The van der Waals surface area contributed by atoms with Gasteiger partial charge < -0.3 is 9.80 Å². The molecule has 2 heterocycles. The standard InChI is InChI=1S/C23H26FN3/c1-26-10-12-27(13-11-26)9-3-4-18-7-8-23-20(14-18)15-21(17-25-23)19-5-2-6-22(24)16-19/h2,5-8,14-17H,3-4,9-13H2,1H3. The van der Waals surface area contributed by atoms with E-state index in [0.29, 0.717) is 0 Å². The summed E-state index contributed by atoms with van der Waals surface area (Å²) in [5.41, 5.74) is 4.15. The molecule has 0 N–H and O–H groups in total. The van der Waals surface area contributed by atoms with Gasteiger partial charge in [-0.05, 0) is 67.9 Å². The first-order valence-electron chi connectivity index (χ1n) is 9.73. The monoisotopic (exact) mass is 363 g/mol. The summed E-state index contributed by atoms with van der Waals surface area (Å²) in [6, 6.07) is 15.3. The van der Waals surface area contributed by atoms with E-state index in [9.17, 15) is 4.39 Å². The van der Waals surface area contributed by atoms with Crippen molar-refractivity contribution in [2.45, 2.75) is 12.8 Å². The fourth-order valence-corrected chi connectivity index (χ4v) is 3.74. The lowest BCUT2D eigenvalue weighted by molar-refractivity contribution is 0.153. The number of hydrogen-bond acceptors (Lipinski definition) is 3. The number of halogens is 1. The molecule has 140 valence electrons. The fourth-order valence-electron chi connectivity index (χ4n) is 3.74. The van der Waals surface area contributed by atoms with Crippen molar-refractivity contribution in [3.05, 3.63) is 66.1 Å². The second-order valence-corrected chi connectivity index (χ2v) is 7.51. The zero-order valence-corrected chi connectivity index (χ0v) is 15.9. The number of fused-ring (bicyclic) bond motifs is 1. The van der Waals surface area contributed by atoms with E-state index < -0.39 is 0 Å². The van der Waals surface area contributed by atoms with Crippen molar-refractivity contribution in [3.8, 4) is 11.1 Å². The molecule has 0 atom stereocenters. The minimum atomic E-state index is -0.217. The maximum Gasteiger partial charge on any atom is 0.123 e. The van der Waals surface area contributed by atoms with Crippen molar-refractivity contribution in [2.24, 2.45) is 0 Å². The largest absolute Gasteiger partial charge is 0.304 e. The van der Waals surface area contributed by atoms with Crippen molar-refractivity contribution in [3.63, 3.8) is 0 Å². The van der Waals surface area contributed by atoms with E-state index in [2.05, 4.69) is 46.1 Å². The van der Waals surface area contributed by atoms with Gasteiger partial charge in [0, 0.05) is 43.3 Å². The third kappa shape index (κ3) is 4.52. The van der Waals surface area contributed by atoms with Crippen molar-refractivity contribution in [1.29, 1.82) is 0 Å². The molecular formula is C23H26FN3. The molecule has 1 saturated heterocycles. The quantitative estimate of drug-likeness (QED) is 0.677. The molecule has 2 aromatic carbocycles. The van der Waals surface area contributed by atoms with Gasteiger partial charge in [-0.25, -0.2) is 4.39 Å². The Kier molecular flexibility index (Phi) is 5.46. The van der Waals surface area contributed by atoms with Gasteiger partial charge in [-0.1, -0.05) is 18.2 Å². The van der Waals surface area contributed by atoms with Crippen molar-refractivity contribution in [2.75, 3.05) is 39.8 Å². The minimum absolute atomic E-state index is 0.217. The number of aromatic nitrogens is 1. The van der Waals surface area contributed by atoms with Gasteiger partial charge in [0.05, 0.1) is 5.52 Å². The highest BCUT2D eigenvalue weighted by molar-refractivity contribution is 5.84. The Labute approximate surface area is 160 Å². The Hall–Kier alpha value is -2.30. The fraction of sp³-hybridized carbons (Fsp3) is 0.348. The van der Waals surface area contributed by atoms with E-state index in [4.69, 9.17) is 0 Å². The molecule has 1 aromatic heterocycles. The Morgan fingerprint density at radius 3 is 2.63 bits per heavy atom. The van der Waals surface area contributed by atoms with E-state index >= 15 is 0 Å². The first-order valence-corrected chi connectivity index (χ1v) is 9.73. The van der Waals surface area contributed by atoms with Crippen LogP contribution in [0.5, 0.6) is 0 Å². The van der Waals surface area contributed by atoms with Crippen molar-refractivity contribution in [1.82, 2.24) is 14.8 Å². The summed E-state index contributed by atoms with van der Waals surface area (Å²) < 4.78 is 13.5. The highest BCUT2D eigenvalue weighted by Gasteiger charge is 2.13. The highest BCUT2D eigenvalue weighted by atomic mass is 19.1. The van der Waals surface area contributed by atoms with Gasteiger partial charge in [-0.3, -0.25) is 4.98 Å². The van der Waals surface area contributed by atoms with Crippen LogP contribution >= 0.6 is 0 Å². The third-order valence-corrected chi connectivity index (χ3v) is 5.44. The van der Waals surface area contributed by atoms with E-state index in [-0.39, 0.29) is 5.82 Å². The molecule has 3 aromatic rings. The summed E-state index contributed by atoms with van der Waals surface area (Å²) in [4.78, 5) is 9.51. The maximum absolute atomic E-state index is 13.5. The topological polar surface area (TPSA) is 19.4 Å². The molecule has 0 spiro atoms. The summed E-state index contributed by atoms with van der Waals surface area (Å²) in [6.45, 7) is 5.85. The zero-order chi connectivity index (χ0) is 18.6. The minimum Gasteiger partial charge on any atom is -0.304 e. The van der Waals surface area contributed by atoms with Crippen LogP contribution < -0.4 is 0 Å². The first-order chi connectivity index (χ1) is 13.2. The number of likely N-dealkylation sites (N-methyl/N-ethyl adjacent to an activating group) is 1. The van der Waals surface area contributed by atoms with E-state index in [1.54, 1.807) is 12.1 Å². The number of pyridine rings is 1. The van der Waals surface area contributed by atoms with Gasteiger partial charge in [0.15, 0.2) is 0 Å². The highest BCUT2D eigenvalue weighted by Crippen LogP contribution is 2.24.